The molecule has 94 valence electrons. The molecule has 0 aliphatic rings. The zero-order valence-corrected chi connectivity index (χ0v) is 11.2. The SMILES string of the molecule is CNCC(Cc1cccc(C)c1)c1ccccc1. The minimum atomic E-state index is 0.540. The van der Waals surface area contributed by atoms with E-state index in [1.807, 2.05) is 7.05 Å². The van der Waals surface area contributed by atoms with Crippen molar-refractivity contribution < 1.29 is 0 Å². The summed E-state index contributed by atoms with van der Waals surface area (Å²) in [5.41, 5.74) is 4.16. The van der Waals surface area contributed by atoms with E-state index in [4.69, 9.17) is 0 Å². The van der Waals surface area contributed by atoms with Crippen molar-refractivity contribution >= 4 is 0 Å². The Bertz CT molecular complexity index is 476. The number of nitrogens with one attached hydrogen (secondary N) is 1. The van der Waals surface area contributed by atoms with Gasteiger partial charge in [0.1, 0.15) is 0 Å². The lowest BCUT2D eigenvalue weighted by Crippen LogP contribution is -2.19. The van der Waals surface area contributed by atoms with Gasteiger partial charge in [-0.25, -0.2) is 0 Å². The summed E-state index contributed by atoms with van der Waals surface area (Å²) in [6.45, 7) is 3.16. The second kappa shape index (κ2) is 6.36. The zero-order valence-electron chi connectivity index (χ0n) is 11.2. The first kappa shape index (κ1) is 12.8. The van der Waals surface area contributed by atoms with Crippen LogP contribution in [0.2, 0.25) is 0 Å². The lowest BCUT2D eigenvalue weighted by atomic mass is 9.91. The smallest absolute Gasteiger partial charge is 0.00203 e. The predicted molar refractivity (Wildman–Crippen MR) is 78.0 cm³/mol. The van der Waals surface area contributed by atoms with Gasteiger partial charge in [-0.1, -0.05) is 60.2 Å². The summed E-state index contributed by atoms with van der Waals surface area (Å²) in [4.78, 5) is 0. The lowest BCUT2D eigenvalue weighted by Gasteiger charge is -2.17. The molecular weight excluding hydrogens is 218 g/mol. The van der Waals surface area contributed by atoms with Crippen LogP contribution in [0.3, 0.4) is 0 Å². The quantitative estimate of drug-likeness (QED) is 0.841. The molecule has 0 aliphatic carbocycles. The topological polar surface area (TPSA) is 12.0 Å². The molecule has 0 heterocycles. The van der Waals surface area contributed by atoms with Crippen LogP contribution in [0.4, 0.5) is 0 Å². The molecule has 1 unspecified atom stereocenters. The molecule has 18 heavy (non-hydrogen) atoms. The second-order valence-corrected chi connectivity index (χ2v) is 4.86. The first-order valence-electron chi connectivity index (χ1n) is 6.54. The van der Waals surface area contributed by atoms with Gasteiger partial charge in [0.2, 0.25) is 0 Å². The standard InChI is InChI=1S/C17H21N/c1-14-7-6-8-15(11-14)12-17(13-18-2)16-9-4-3-5-10-16/h3-11,17-18H,12-13H2,1-2H3. The van der Waals surface area contributed by atoms with E-state index in [2.05, 4.69) is 66.8 Å². The molecule has 0 fully saturated rings. The Morgan fingerprint density at radius 3 is 2.44 bits per heavy atom. The summed E-state index contributed by atoms with van der Waals surface area (Å²) in [5.74, 6) is 0.540. The highest BCUT2D eigenvalue weighted by Gasteiger charge is 2.11. The Kier molecular flexibility index (Phi) is 4.54. The number of hydrogen-bond donors (Lipinski definition) is 1. The van der Waals surface area contributed by atoms with E-state index in [0.29, 0.717) is 5.92 Å². The summed E-state index contributed by atoms with van der Waals surface area (Å²) in [7, 11) is 2.02. The minimum Gasteiger partial charge on any atom is -0.319 e. The van der Waals surface area contributed by atoms with Gasteiger partial charge in [-0.05, 0) is 31.5 Å². The van der Waals surface area contributed by atoms with Crippen molar-refractivity contribution in [3.05, 3.63) is 71.3 Å². The van der Waals surface area contributed by atoms with Gasteiger partial charge < -0.3 is 5.32 Å². The van der Waals surface area contributed by atoms with E-state index < -0.39 is 0 Å². The van der Waals surface area contributed by atoms with Gasteiger partial charge in [-0.15, -0.1) is 0 Å². The van der Waals surface area contributed by atoms with Gasteiger partial charge in [0, 0.05) is 12.5 Å². The normalized spacial score (nSPS) is 12.3. The minimum absolute atomic E-state index is 0.540. The van der Waals surface area contributed by atoms with Crippen LogP contribution in [0, 0.1) is 6.92 Å². The molecule has 1 nitrogen and oxygen atoms in total. The fourth-order valence-electron chi connectivity index (χ4n) is 2.40. The molecule has 1 N–H and O–H groups in total. The Hall–Kier alpha value is -1.60. The fraction of sp³-hybridized carbons (Fsp3) is 0.294. The number of benzene rings is 2. The van der Waals surface area contributed by atoms with Crippen LogP contribution in [-0.2, 0) is 6.42 Å². The average Bonchev–Trinajstić information content (AvgIpc) is 2.39. The molecule has 1 heteroatoms. The van der Waals surface area contributed by atoms with Gasteiger partial charge in [0.15, 0.2) is 0 Å². The molecule has 0 saturated heterocycles. The summed E-state index contributed by atoms with van der Waals surface area (Å²) in [6.07, 6.45) is 1.09. The summed E-state index contributed by atoms with van der Waals surface area (Å²) in [6, 6.07) is 19.6. The van der Waals surface area contributed by atoms with E-state index in [9.17, 15) is 0 Å². The number of aryl methyl sites for hydroxylation is 1. The fourth-order valence-corrected chi connectivity index (χ4v) is 2.40. The molecule has 0 spiro atoms. The molecule has 0 amide bonds. The third-order valence-electron chi connectivity index (χ3n) is 3.29. The molecule has 2 aromatic rings. The first-order valence-corrected chi connectivity index (χ1v) is 6.54. The predicted octanol–water partition coefficient (Wildman–Crippen LogP) is 3.54. The van der Waals surface area contributed by atoms with Crippen LogP contribution < -0.4 is 5.32 Å². The Labute approximate surface area is 110 Å². The Morgan fingerprint density at radius 1 is 1.00 bits per heavy atom. The first-order chi connectivity index (χ1) is 8.79. The summed E-state index contributed by atoms with van der Waals surface area (Å²) >= 11 is 0. The summed E-state index contributed by atoms with van der Waals surface area (Å²) < 4.78 is 0. The molecule has 0 aliphatic heterocycles. The highest BCUT2D eigenvalue weighted by atomic mass is 14.8. The molecule has 0 aromatic heterocycles. The molecule has 0 bridgehead atoms. The zero-order chi connectivity index (χ0) is 12.8. The molecule has 0 saturated carbocycles. The highest BCUT2D eigenvalue weighted by Crippen LogP contribution is 2.20. The molecule has 2 rings (SSSR count). The van der Waals surface area contributed by atoms with Crippen molar-refractivity contribution in [2.45, 2.75) is 19.3 Å². The van der Waals surface area contributed by atoms with E-state index in [-0.39, 0.29) is 0 Å². The van der Waals surface area contributed by atoms with E-state index in [0.717, 1.165) is 13.0 Å². The largest absolute Gasteiger partial charge is 0.319 e. The maximum Gasteiger partial charge on any atom is 0.00203 e. The van der Waals surface area contributed by atoms with Gasteiger partial charge in [-0.2, -0.15) is 0 Å². The van der Waals surface area contributed by atoms with E-state index >= 15 is 0 Å². The lowest BCUT2D eigenvalue weighted by molar-refractivity contribution is 0.625. The van der Waals surface area contributed by atoms with Crippen molar-refractivity contribution in [1.29, 1.82) is 0 Å². The van der Waals surface area contributed by atoms with Crippen LogP contribution in [-0.4, -0.2) is 13.6 Å². The molecule has 1 atom stereocenters. The van der Waals surface area contributed by atoms with Crippen LogP contribution in [0.25, 0.3) is 0 Å². The van der Waals surface area contributed by atoms with Crippen LogP contribution in [0.1, 0.15) is 22.6 Å². The van der Waals surface area contributed by atoms with E-state index in [1.54, 1.807) is 0 Å². The van der Waals surface area contributed by atoms with Crippen LogP contribution in [0.5, 0.6) is 0 Å². The number of hydrogen-bond acceptors (Lipinski definition) is 1. The van der Waals surface area contributed by atoms with Gasteiger partial charge in [0.05, 0.1) is 0 Å². The number of rotatable bonds is 5. The maximum atomic E-state index is 3.30. The van der Waals surface area contributed by atoms with Crippen molar-refractivity contribution in [2.24, 2.45) is 0 Å². The van der Waals surface area contributed by atoms with Crippen molar-refractivity contribution in [2.75, 3.05) is 13.6 Å². The average molecular weight is 239 g/mol. The van der Waals surface area contributed by atoms with Gasteiger partial charge in [-0.3, -0.25) is 0 Å². The second-order valence-electron chi connectivity index (χ2n) is 4.86. The molecule has 0 radical (unpaired) electrons. The van der Waals surface area contributed by atoms with E-state index in [1.165, 1.54) is 16.7 Å². The van der Waals surface area contributed by atoms with Crippen molar-refractivity contribution in [1.82, 2.24) is 5.32 Å². The summed E-state index contributed by atoms with van der Waals surface area (Å²) in [5, 5.41) is 3.30. The molecular formula is C17H21N. The third-order valence-corrected chi connectivity index (χ3v) is 3.29. The Balaban J connectivity index is 2.16. The van der Waals surface area contributed by atoms with Gasteiger partial charge >= 0.3 is 0 Å². The van der Waals surface area contributed by atoms with Crippen molar-refractivity contribution in [3.63, 3.8) is 0 Å². The number of likely N-dealkylation sites (N-methyl/N-ethyl adjacent to an activating group) is 1. The van der Waals surface area contributed by atoms with Crippen LogP contribution >= 0.6 is 0 Å². The maximum absolute atomic E-state index is 3.30. The third kappa shape index (κ3) is 3.44. The van der Waals surface area contributed by atoms with Gasteiger partial charge in [0.25, 0.3) is 0 Å². The monoisotopic (exact) mass is 239 g/mol. The van der Waals surface area contributed by atoms with Crippen LogP contribution in [0.15, 0.2) is 54.6 Å². The Morgan fingerprint density at radius 2 is 1.78 bits per heavy atom. The van der Waals surface area contributed by atoms with Crippen molar-refractivity contribution in [3.8, 4) is 0 Å². The highest BCUT2D eigenvalue weighted by molar-refractivity contribution is 5.27. The molecule has 2 aromatic carbocycles.